The largest absolute Gasteiger partial charge is 0.494 e. The van der Waals surface area contributed by atoms with Gasteiger partial charge in [-0.25, -0.2) is 4.79 Å². The van der Waals surface area contributed by atoms with Crippen LogP contribution in [-0.2, 0) is 9.59 Å². The molecular formula is C21H19BrN2O6. The Hall–Kier alpha value is -3.51. The van der Waals surface area contributed by atoms with Gasteiger partial charge in [-0.3, -0.25) is 4.79 Å². The Labute approximate surface area is 181 Å². The molecule has 30 heavy (non-hydrogen) atoms. The van der Waals surface area contributed by atoms with Gasteiger partial charge in [-0.15, -0.1) is 0 Å². The fraction of sp³-hybridized carbons (Fsp3) is 0.190. The Morgan fingerprint density at radius 2 is 1.93 bits per heavy atom. The first-order valence-electron chi connectivity index (χ1n) is 8.76. The molecule has 0 saturated carbocycles. The number of anilines is 1. The van der Waals surface area contributed by atoms with E-state index < -0.39 is 18.5 Å². The maximum absolute atomic E-state index is 12.5. The summed E-state index contributed by atoms with van der Waals surface area (Å²) in [6.45, 7) is 1.86. The zero-order chi connectivity index (χ0) is 22.1. The predicted octanol–water partition coefficient (Wildman–Crippen LogP) is 3.87. The number of ether oxygens (including phenoxy) is 3. The number of hydrogen-bond donors (Lipinski definition) is 2. The van der Waals surface area contributed by atoms with Crippen molar-refractivity contribution >= 4 is 39.6 Å². The van der Waals surface area contributed by atoms with Crippen LogP contribution in [0.15, 0.2) is 46.4 Å². The molecule has 1 amide bonds. The second kappa shape index (κ2) is 10.9. The van der Waals surface area contributed by atoms with Crippen LogP contribution in [0.4, 0.5) is 5.69 Å². The van der Waals surface area contributed by atoms with Crippen molar-refractivity contribution in [3.8, 4) is 23.3 Å². The molecule has 0 radical (unpaired) electrons. The van der Waals surface area contributed by atoms with Gasteiger partial charge in [0.1, 0.15) is 17.4 Å². The molecule has 0 aliphatic carbocycles. The summed E-state index contributed by atoms with van der Waals surface area (Å²) in [7, 11) is 1.40. The number of carboxylic acid groups (broad SMARTS) is 1. The number of methoxy groups -OCH3 is 1. The third kappa shape index (κ3) is 6.25. The van der Waals surface area contributed by atoms with Gasteiger partial charge >= 0.3 is 5.97 Å². The van der Waals surface area contributed by atoms with E-state index in [4.69, 9.17) is 19.3 Å². The molecule has 0 heterocycles. The molecular weight excluding hydrogens is 456 g/mol. The third-order valence-electron chi connectivity index (χ3n) is 3.69. The molecule has 0 aliphatic heterocycles. The first-order valence-corrected chi connectivity index (χ1v) is 9.55. The number of amides is 1. The Morgan fingerprint density at radius 3 is 2.50 bits per heavy atom. The SMILES string of the molecule is CCOc1ccc(NC(=O)/C(C#N)=C\c2cc(Br)c(OCC(=O)O)c(OC)c2)cc1. The number of nitriles is 1. The number of nitrogens with zero attached hydrogens (tertiary/aromatic N) is 1. The normalized spacial score (nSPS) is 10.7. The Morgan fingerprint density at radius 1 is 1.23 bits per heavy atom. The van der Waals surface area contributed by atoms with E-state index in [9.17, 15) is 14.9 Å². The molecule has 0 bridgehead atoms. The standard InChI is InChI=1S/C21H19BrN2O6/c1-3-29-16-6-4-15(5-7-16)24-21(27)14(11-23)8-13-9-17(22)20(18(10-13)28-2)30-12-19(25)26/h4-10H,3,12H2,1-2H3,(H,24,27)(H,25,26)/b14-8-. The number of benzene rings is 2. The Kier molecular flexibility index (Phi) is 8.26. The van der Waals surface area contributed by atoms with E-state index in [1.165, 1.54) is 19.3 Å². The predicted molar refractivity (Wildman–Crippen MR) is 114 cm³/mol. The molecule has 2 aromatic carbocycles. The lowest BCUT2D eigenvalue weighted by atomic mass is 10.1. The average molecular weight is 475 g/mol. The first kappa shape index (κ1) is 22.8. The van der Waals surface area contributed by atoms with Crippen LogP contribution in [0, 0.1) is 11.3 Å². The average Bonchev–Trinajstić information content (AvgIpc) is 2.72. The van der Waals surface area contributed by atoms with Crippen molar-refractivity contribution in [2.45, 2.75) is 6.92 Å². The monoisotopic (exact) mass is 474 g/mol. The maximum Gasteiger partial charge on any atom is 0.341 e. The van der Waals surface area contributed by atoms with Crippen molar-refractivity contribution in [3.63, 3.8) is 0 Å². The van der Waals surface area contributed by atoms with Crippen molar-refractivity contribution in [3.05, 3.63) is 52.0 Å². The lowest BCUT2D eigenvalue weighted by molar-refractivity contribution is -0.139. The first-order chi connectivity index (χ1) is 14.4. The van der Waals surface area contributed by atoms with Gasteiger partial charge in [0.05, 0.1) is 18.2 Å². The lowest BCUT2D eigenvalue weighted by Gasteiger charge is -2.12. The zero-order valence-corrected chi connectivity index (χ0v) is 17.9. The summed E-state index contributed by atoms with van der Waals surface area (Å²) in [6, 6.07) is 11.8. The Bertz CT molecular complexity index is 996. The minimum atomic E-state index is -1.13. The van der Waals surface area contributed by atoms with E-state index >= 15 is 0 Å². The van der Waals surface area contributed by atoms with E-state index in [1.807, 2.05) is 13.0 Å². The minimum Gasteiger partial charge on any atom is -0.494 e. The van der Waals surface area contributed by atoms with E-state index in [2.05, 4.69) is 21.2 Å². The quantitative estimate of drug-likeness (QED) is 0.418. The van der Waals surface area contributed by atoms with Gasteiger partial charge in [-0.05, 0) is 70.9 Å². The molecule has 0 saturated heterocycles. The number of aliphatic carboxylic acids is 1. The second-order valence-electron chi connectivity index (χ2n) is 5.80. The van der Waals surface area contributed by atoms with Crippen molar-refractivity contribution in [2.24, 2.45) is 0 Å². The topological polar surface area (TPSA) is 118 Å². The van der Waals surface area contributed by atoms with Crippen LogP contribution in [0.25, 0.3) is 6.08 Å². The number of rotatable bonds is 9. The highest BCUT2D eigenvalue weighted by Gasteiger charge is 2.15. The summed E-state index contributed by atoms with van der Waals surface area (Å²) in [5.41, 5.74) is 0.873. The van der Waals surface area contributed by atoms with E-state index in [-0.39, 0.29) is 17.1 Å². The smallest absolute Gasteiger partial charge is 0.341 e. The van der Waals surface area contributed by atoms with Crippen LogP contribution in [0.1, 0.15) is 12.5 Å². The summed E-state index contributed by atoms with van der Waals surface area (Å²) in [6.07, 6.45) is 1.39. The number of carbonyl (C=O) groups excluding carboxylic acids is 1. The highest BCUT2D eigenvalue weighted by atomic mass is 79.9. The van der Waals surface area contributed by atoms with Crippen LogP contribution in [-0.4, -0.2) is 37.3 Å². The molecule has 0 aliphatic rings. The maximum atomic E-state index is 12.5. The van der Waals surface area contributed by atoms with Crippen LogP contribution >= 0.6 is 15.9 Å². The van der Waals surface area contributed by atoms with Crippen LogP contribution < -0.4 is 19.5 Å². The van der Waals surface area contributed by atoms with Gasteiger partial charge in [0.2, 0.25) is 0 Å². The van der Waals surface area contributed by atoms with Gasteiger partial charge in [0.25, 0.3) is 5.91 Å². The number of carbonyl (C=O) groups is 2. The molecule has 2 aromatic rings. The van der Waals surface area contributed by atoms with Crippen molar-refractivity contribution in [1.29, 1.82) is 5.26 Å². The molecule has 156 valence electrons. The molecule has 2 N–H and O–H groups in total. The summed E-state index contributed by atoms with van der Waals surface area (Å²) in [5, 5.41) is 20.8. The van der Waals surface area contributed by atoms with Crippen LogP contribution in [0.2, 0.25) is 0 Å². The van der Waals surface area contributed by atoms with Gasteiger partial charge in [0.15, 0.2) is 18.1 Å². The molecule has 2 rings (SSSR count). The summed E-state index contributed by atoms with van der Waals surface area (Å²) < 4.78 is 16.2. The number of hydrogen-bond acceptors (Lipinski definition) is 6. The van der Waals surface area contributed by atoms with Gasteiger partial charge in [-0.1, -0.05) is 0 Å². The number of carboxylic acids is 1. The molecule has 0 aromatic heterocycles. The molecule has 0 unspecified atom stereocenters. The van der Waals surface area contributed by atoms with E-state index in [0.717, 1.165) is 0 Å². The summed E-state index contributed by atoms with van der Waals surface area (Å²) in [4.78, 5) is 23.2. The van der Waals surface area contributed by atoms with Gasteiger partial charge in [-0.2, -0.15) is 5.26 Å². The molecule has 0 spiro atoms. The van der Waals surface area contributed by atoms with Crippen molar-refractivity contribution in [2.75, 3.05) is 25.6 Å². The fourth-order valence-corrected chi connectivity index (χ4v) is 2.99. The fourth-order valence-electron chi connectivity index (χ4n) is 2.41. The molecule has 0 fully saturated rings. The highest BCUT2D eigenvalue weighted by molar-refractivity contribution is 9.10. The summed E-state index contributed by atoms with van der Waals surface area (Å²) >= 11 is 3.29. The molecule has 8 nitrogen and oxygen atoms in total. The highest BCUT2D eigenvalue weighted by Crippen LogP contribution is 2.37. The third-order valence-corrected chi connectivity index (χ3v) is 4.28. The Balaban J connectivity index is 2.23. The lowest BCUT2D eigenvalue weighted by Crippen LogP contribution is -2.13. The minimum absolute atomic E-state index is 0.128. The van der Waals surface area contributed by atoms with E-state index in [1.54, 1.807) is 30.3 Å². The van der Waals surface area contributed by atoms with Gasteiger partial charge in [0, 0.05) is 5.69 Å². The van der Waals surface area contributed by atoms with Crippen molar-refractivity contribution in [1.82, 2.24) is 0 Å². The molecule has 9 heteroatoms. The molecule has 0 atom stereocenters. The van der Waals surface area contributed by atoms with Gasteiger partial charge < -0.3 is 24.6 Å². The van der Waals surface area contributed by atoms with Crippen LogP contribution in [0.3, 0.4) is 0 Å². The second-order valence-corrected chi connectivity index (χ2v) is 6.65. The number of halogens is 1. The van der Waals surface area contributed by atoms with Crippen molar-refractivity contribution < 1.29 is 28.9 Å². The zero-order valence-electron chi connectivity index (χ0n) is 16.3. The summed E-state index contributed by atoms with van der Waals surface area (Å²) in [5.74, 6) is -0.585. The van der Waals surface area contributed by atoms with Crippen LogP contribution in [0.5, 0.6) is 17.2 Å². The number of nitrogens with one attached hydrogen (secondary N) is 1. The van der Waals surface area contributed by atoms with E-state index in [0.29, 0.717) is 28.1 Å².